The van der Waals surface area contributed by atoms with Crippen LogP contribution in [0, 0.1) is 12.3 Å². The number of hydrogen-bond donors (Lipinski definition) is 0. The number of fused-ring (bicyclic) bond motifs is 1. The Morgan fingerprint density at radius 2 is 1.76 bits per heavy atom. The van der Waals surface area contributed by atoms with Crippen LogP contribution >= 0.6 is 0 Å². The molecule has 1 aliphatic heterocycles. The van der Waals surface area contributed by atoms with Crippen molar-refractivity contribution in [2.45, 2.75) is 6.18 Å². The fraction of sp³-hybridized carbons (Fsp3) is 0.125. The van der Waals surface area contributed by atoms with E-state index in [4.69, 9.17) is 15.9 Å². The first-order valence-corrected chi connectivity index (χ1v) is 6.07. The minimum Gasteiger partial charge on any atom is -0.454 e. The van der Waals surface area contributed by atoms with Gasteiger partial charge in [0.1, 0.15) is 0 Å². The molecule has 0 aromatic heterocycles. The monoisotopic (exact) mass is 290 g/mol. The van der Waals surface area contributed by atoms with Gasteiger partial charge < -0.3 is 9.47 Å². The second-order valence-corrected chi connectivity index (χ2v) is 4.47. The number of alkyl halides is 3. The van der Waals surface area contributed by atoms with Gasteiger partial charge in [-0.3, -0.25) is 0 Å². The maximum atomic E-state index is 12.8. The van der Waals surface area contributed by atoms with Crippen LogP contribution in [0.5, 0.6) is 11.5 Å². The summed E-state index contributed by atoms with van der Waals surface area (Å²) in [5.41, 5.74) is 0.628. The summed E-state index contributed by atoms with van der Waals surface area (Å²) in [5, 5.41) is 0. The molecular weight excluding hydrogens is 281 g/mol. The van der Waals surface area contributed by atoms with Gasteiger partial charge in [0.25, 0.3) is 0 Å². The Hall–Kier alpha value is -2.61. The standard InChI is InChI=1S/C16H9F3O2/c1-2-10-7-14-15(21-9-20-14)8-13(10)11-4-3-5-12(6-11)16(17,18)19/h1,3-8H,9H2. The van der Waals surface area contributed by atoms with Crippen molar-refractivity contribution in [1.82, 2.24) is 0 Å². The van der Waals surface area contributed by atoms with Crippen LogP contribution in [0.15, 0.2) is 36.4 Å². The third-order valence-corrected chi connectivity index (χ3v) is 3.17. The Balaban J connectivity index is 2.15. The first kappa shape index (κ1) is 13.4. The molecule has 2 aromatic carbocycles. The molecule has 0 atom stereocenters. The summed E-state index contributed by atoms with van der Waals surface area (Å²) in [6.07, 6.45) is 1.04. The molecule has 0 aliphatic carbocycles. The fourth-order valence-electron chi connectivity index (χ4n) is 2.16. The highest BCUT2D eigenvalue weighted by Gasteiger charge is 2.30. The predicted molar refractivity (Wildman–Crippen MR) is 70.9 cm³/mol. The van der Waals surface area contributed by atoms with Crippen LogP contribution in [-0.2, 0) is 6.18 Å². The molecule has 0 spiro atoms. The van der Waals surface area contributed by atoms with Crippen molar-refractivity contribution in [3.05, 3.63) is 47.5 Å². The minimum absolute atomic E-state index is 0.0748. The van der Waals surface area contributed by atoms with Crippen molar-refractivity contribution in [3.8, 4) is 35.0 Å². The summed E-state index contributed by atoms with van der Waals surface area (Å²) in [7, 11) is 0. The Labute approximate surface area is 119 Å². The number of halogens is 3. The maximum absolute atomic E-state index is 12.8. The maximum Gasteiger partial charge on any atom is 0.416 e. The summed E-state index contributed by atoms with van der Waals surface area (Å²) < 4.78 is 48.9. The number of hydrogen-bond acceptors (Lipinski definition) is 2. The van der Waals surface area contributed by atoms with Gasteiger partial charge >= 0.3 is 6.18 Å². The molecule has 2 aromatic rings. The summed E-state index contributed by atoms with van der Waals surface area (Å²) in [5.74, 6) is 3.44. The van der Waals surface area contributed by atoms with E-state index in [-0.39, 0.29) is 6.79 Å². The lowest BCUT2D eigenvalue weighted by Gasteiger charge is -2.11. The van der Waals surface area contributed by atoms with E-state index in [2.05, 4.69) is 5.92 Å². The Morgan fingerprint density at radius 1 is 1.05 bits per heavy atom. The third kappa shape index (κ3) is 2.40. The molecule has 1 heterocycles. The summed E-state index contributed by atoms with van der Waals surface area (Å²) in [6.45, 7) is 0.0748. The van der Waals surface area contributed by atoms with E-state index in [1.807, 2.05) is 0 Å². The second-order valence-electron chi connectivity index (χ2n) is 4.47. The highest BCUT2D eigenvalue weighted by molar-refractivity contribution is 5.75. The van der Waals surface area contributed by atoms with E-state index in [0.717, 1.165) is 12.1 Å². The van der Waals surface area contributed by atoms with Crippen molar-refractivity contribution in [2.24, 2.45) is 0 Å². The second kappa shape index (κ2) is 4.74. The van der Waals surface area contributed by atoms with Gasteiger partial charge in [0.05, 0.1) is 5.56 Å². The third-order valence-electron chi connectivity index (χ3n) is 3.17. The van der Waals surface area contributed by atoms with E-state index >= 15 is 0 Å². The molecule has 0 saturated carbocycles. The first-order valence-electron chi connectivity index (χ1n) is 6.07. The van der Waals surface area contributed by atoms with Crippen LogP contribution in [-0.4, -0.2) is 6.79 Å². The van der Waals surface area contributed by atoms with Gasteiger partial charge in [-0.25, -0.2) is 0 Å². The highest BCUT2D eigenvalue weighted by atomic mass is 19.4. The first-order chi connectivity index (χ1) is 9.99. The normalized spacial score (nSPS) is 13.0. The molecule has 0 bridgehead atoms. The zero-order valence-electron chi connectivity index (χ0n) is 10.7. The van der Waals surface area contributed by atoms with Crippen molar-refractivity contribution in [3.63, 3.8) is 0 Å². The van der Waals surface area contributed by atoms with Gasteiger partial charge in [-0.2, -0.15) is 13.2 Å². The zero-order chi connectivity index (χ0) is 15.0. The van der Waals surface area contributed by atoms with Crippen molar-refractivity contribution in [1.29, 1.82) is 0 Å². The van der Waals surface area contributed by atoms with Gasteiger partial charge in [-0.1, -0.05) is 18.1 Å². The summed E-state index contributed by atoms with van der Waals surface area (Å²) in [4.78, 5) is 0. The van der Waals surface area contributed by atoms with E-state index in [1.54, 1.807) is 18.2 Å². The van der Waals surface area contributed by atoms with Crippen LogP contribution < -0.4 is 9.47 Å². The van der Waals surface area contributed by atoms with Gasteiger partial charge in [0, 0.05) is 17.2 Å². The van der Waals surface area contributed by atoms with Crippen molar-refractivity contribution < 1.29 is 22.6 Å². The Morgan fingerprint density at radius 3 is 2.43 bits per heavy atom. The summed E-state index contributed by atoms with van der Waals surface area (Å²) in [6, 6.07) is 8.21. The molecule has 0 unspecified atom stereocenters. The minimum atomic E-state index is -4.40. The molecule has 2 nitrogen and oxygen atoms in total. The molecule has 106 valence electrons. The van der Waals surface area contributed by atoms with Crippen molar-refractivity contribution >= 4 is 0 Å². The smallest absolute Gasteiger partial charge is 0.416 e. The van der Waals surface area contributed by atoms with Gasteiger partial charge in [0.2, 0.25) is 6.79 Å². The molecule has 3 rings (SSSR count). The van der Waals surface area contributed by atoms with Gasteiger partial charge in [-0.15, -0.1) is 6.42 Å². The molecule has 0 fully saturated rings. The Kier molecular flexibility index (Phi) is 3.02. The number of benzene rings is 2. The molecule has 1 aliphatic rings. The van der Waals surface area contributed by atoms with Crippen LogP contribution in [0.4, 0.5) is 13.2 Å². The van der Waals surface area contributed by atoms with E-state index in [9.17, 15) is 13.2 Å². The molecule has 0 saturated heterocycles. The topological polar surface area (TPSA) is 18.5 Å². The fourth-order valence-corrected chi connectivity index (χ4v) is 2.16. The predicted octanol–water partition coefficient (Wildman–Crippen LogP) is 4.08. The van der Waals surface area contributed by atoms with Crippen LogP contribution in [0.1, 0.15) is 11.1 Å². The average Bonchev–Trinajstić information content (AvgIpc) is 2.92. The summed E-state index contributed by atoms with van der Waals surface area (Å²) >= 11 is 0. The SMILES string of the molecule is C#Cc1cc2c(cc1-c1cccc(C(F)(F)F)c1)OCO2. The van der Waals surface area contributed by atoms with Gasteiger partial charge in [0.15, 0.2) is 11.5 Å². The molecule has 5 heteroatoms. The van der Waals surface area contributed by atoms with Crippen molar-refractivity contribution in [2.75, 3.05) is 6.79 Å². The van der Waals surface area contributed by atoms with E-state index in [1.165, 1.54) is 6.07 Å². The number of terminal acetylenes is 1. The molecule has 0 amide bonds. The van der Waals surface area contributed by atoms with E-state index in [0.29, 0.717) is 28.2 Å². The zero-order valence-corrected chi connectivity index (χ0v) is 10.7. The molecular formula is C16H9F3O2. The number of ether oxygens (including phenoxy) is 2. The quantitative estimate of drug-likeness (QED) is 0.737. The largest absolute Gasteiger partial charge is 0.454 e. The lowest BCUT2D eigenvalue weighted by Crippen LogP contribution is -2.04. The van der Waals surface area contributed by atoms with Gasteiger partial charge in [-0.05, 0) is 23.8 Å². The van der Waals surface area contributed by atoms with Crippen LogP contribution in [0.2, 0.25) is 0 Å². The average molecular weight is 290 g/mol. The molecule has 21 heavy (non-hydrogen) atoms. The number of rotatable bonds is 1. The van der Waals surface area contributed by atoms with Crippen LogP contribution in [0.25, 0.3) is 11.1 Å². The molecule has 0 N–H and O–H groups in total. The lowest BCUT2D eigenvalue weighted by molar-refractivity contribution is -0.137. The van der Waals surface area contributed by atoms with E-state index < -0.39 is 11.7 Å². The molecule has 0 radical (unpaired) electrons. The lowest BCUT2D eigenvalue weighted by atomic mass is 9.97. The Bertz CT molecular complexity index is 742. The highest BCUT2D eigenvalue weighted by Crippen LogP contribution is 2.39. The van der Waals surface area contributed by atoms with Crippen LogP contribution in [0.3, 0.4) is 0 Å².